The number of hydrogen-bond donors (Lipinski definition) is 1. The standard InChI is InChI=1S/C25H27N3O3S/c1-18-10-13-23(20(3)19(18)2)16-26-27-25(29)22-14-11-21(12-15-22)17-28(32(4,30)31)24-8-6-5-7-9-24/h5-16H,17H2,1-4H3,(H,27,29)/b26-16-. The maximum atomic E-state index is 12.4. The van der Waals surface area contributed by atoms with E-state index in [0.29, 0.717) is 11.3 Å². The van der Waals surface area contributed by atoms with Gasteiger partial charge in [0.05, 0.1) is 24.7 Å². The van der Waals surface area contributed by atoms with Crippen molar-refractivity contribution in [2.75, 3.05) is 10.6 Å². The van der Waals surface area contributed by atoms with Crippen molar-refractivity contribution in [2.24, 2.45) is 5.10 Å². The van der Waals surface area contributed by atoms with Crippen molar-refractivity contribution >= 4 is 27.8 Å². The van der Waals surface area contributed by atoms with Gasteiger partial charge in [-0.05, 0) is 72.9 Å². The molecule has 3 aromatic carbocycles. The predicted molar refractivity (Wildman–Crippen MR) is 130 cm³/mol. The van der Waals surface area contributed by atoms with Crippen LogP contribution >= 0.6 is 0 Å². The summed E-state index contributed by atoms with van der Waals surface area (Å²) in [4.78, 5) is 12.4. The van der Waals surface area contributed by atoms with E-state index in [4.69, 9.17) is 0 Å². The number of sulfonamides is 1. The van der Waals surface area contributed by atoms with E-state index in [2.05, 4.69) is 24.4 Å². The highest BCUT2D eigenvalue weighted by molar-refractivity contribution is 7.92. The molecule has 7 heteroatoms. The van der Waals surface area contributed by atoms with Crippen LogP contribution < -0.4 is 9.73 Å². The van der Waals surface area contributed by atoms with E-state index in [1.54, 1.807) is 54.7 Å². The molecule has 3 aromatic rings. The van der Waals surface area contributed by atoms with Gasteiger partial charge in [0.15, 0.2) is 0 Å². The van der Waals surface area contributed by atoms with E-state index in [1.165, 1.54) is 21.7 Å². The highest BCUT2D eigenvalue weighted by Crippen LogP contribution is 2.20. The molecule has 0 saturated carbocycles. The number of para-hydroxylation sites is 1. The number of hydrogen-bond acceptors (Lipinski definition) is 4. The molecule has 0 aliphatic heterocycles. The SMILES string of the molecule is Cc1ccc(/C=N\NC(=O)c2ccc(CN(c3ccccc3)S(C)(=O)=O)cc2)c(C)c1C. The van der Waals surface area contributed by atoms with E-state index in [9.17, 15) is 13.2 Å². The summed E-state index contributed by atoms with van der Waals surface area (Å²) in [5.74, 6) is -0.336. The fourth-order valence-corrected chi connectivity index (χ4v) is 4.15. The Morgan fingerprint density at radius 2 is 1.59 bits per heavy atom. The van der Waals surface area contributed by atoms with Crippen LogP contribution in [-0.4, -0.2) is 26.8 Å². The van der Waals surface area contributed by atoms with Crippen molar-refractivity contribution in [3.05, 3.63) is 100 Å². The topological polar surface area (TPSA) is 78.8 Å². The van der Waals surface area contributed by atoms with Crippen molar-refractivity contribution in [2.45, 2.75) is 27.3 Å². The maximum absolute atomic E-state index is 12.4. The van der Waals surface area contributed by atoms with Gasteiger partial charge >= 0.3 is 0 Å². The number of anilines is 1. The van der Waals surface area contributed by atoms with Crippen LogP contribution in [0.15, 0.2) is 71.8 Å². The van der Waals surface area contributed by atoms with Gasteiger partial charge in [-0.3, -0.25) is 9.10 Å². The number of benzene rings is 3. The summed E-state index contributed by atoms with van der Waals surface area (Å²) < 4.78 is 25.8. The number of carbonyl (C=O) groups excluding carboxylic acids is 1. The zero-order valence-electron chi connectivity index (χ0n) is 18.7. The van der Waals surface area contributed by atoms with Crippen LogP contribution in [0.25, 0.3) is 0 Å². The Morgan fingerprint density at radius 1 is 0.938 bits per heavy atom. The van der Waals surface area contributed by atoms with Gasteiger partial charge in [-0.15, -0.1) is 0 Å². The molecule has 0 saturated heterocycles. The molecule has 3 rings (SSSR count). The van der Waals surface area contributed by atoms with Crippen LogP contribution in [0.5, 0.6) is 0 Å². The molecular weight excluding hydrogens is 422 g/mol. The lowest BCUT2D eigenvalue weighted by Crippen LogP contribution is -2.29. The highest BCUT2D eigenvalue weighted by Gasteiger charge is 2.17. The summed E-state index contributed by atoms with van der Waals surface area (Å²) in [6.07, 6.45) is 2.81. The Hall–Kier alpha value is -3.45. The Morgan fingerprint density at radius 3 is 2.22 bits per heavy atom. The summed E-state index contributed by atoms with van der Waals surface area (Å²) in [6.45, 7) is 6.32. The van der Waals surface area contributed by atoms with Crippen molar-refractivity contribution in [3.63, 3.8) is 0 Å². The lowest BCUT2D eigenvalue weighted by Gasteiger charge is -2.22. The molecule has 0 atom stereocenters. The zero-order chi connectivity index (χ0) is 23.3. The molecule has 0 bridgehead atoms. The predicted octanol–water partition coefficient (Wildman–Crippen LogP) is 4.34. The number of rotatable bonds is 7. The van der Waals surface area contributed by atoms with Gasteiger partial charge in [-0.1, -0.05) is 42.5 Å². The summed E-state index contributed by atoms with van der Waals surface area (Å²) in [7, 11) is -3.46. The fraction of sp³-hybridized carbons (Fsp3) is 0.200. The molecule has 0 spiro atoms. The number of nitrogens with one attached hydrogen (secondary N) is 1. The minimum absolute atomic E-state index is 0.176. The number of nitrogens with zero attached hydrogens (tertiary/aromatic N) is 2. The fourth-order valence-electron chi connectivity index (χ4n) is 3.26. The number of amides is 1. The van der Waals surface area contributed by atoms with E-state index in [0.717, 1.165) is 16.7 Å². The molecule has 6 nitrogen and oxygen atoms in total. The average Bonchev–Trinajstić information content (AvgIpc) is 2.77. The first kappa shape index (κ1) is 23.2. The molecule has 32 heavy (non-hydrogen) atoms. The smallest absolute Gasteiger partial charge is 0.267 e. The summed E-state index contributed by atoms with van der Waals surface area (Å²) in [5, 5.41) is 4.08. The molecule has 0 radical (unpaired) electrons. The minimum atomic E-state index is -3.46. The third kappa shape index (κ3) is 5.62. The monoisotopic (exact) mass is 449 g/mol. The van der Waals surface area contributed by atoms with Crippen molar-refractivity contribution < 1.29 is 13.2 Å². The Labute approximate surface area is 189 Å². The van der Waals surface area contributed by atoms with Crippen LogP contribution in [0.3, 0.4) is 0 Å². The molecule has 0 aromatic heterocycles. The van der Waals surface area contributed by atoms with Gasteiger partial charge in [-0.25, -0.2) is 13.8 Å². The zero-order valence-corrected chi connectivity index (χ0v) is 19.5. The number of hydrazone groups is 1. The van der Waals surface area contributed by atoms with Crippen molar-refractivity contribution in [1.82, 2.24) is 5.43 Å². The summed E-state index contributed by atoms with van der Waals surface area (Å²) in [5.41, 5.74) is 8.83. The Bertz CT molecular complexity index is 1240. The second kappa shape index (κ2) is 9.78. The second-order valence-electron chi connectivity index (χ2n) is 7.72. The number of carbonyl (C=O) groups is 1. The van der Waals surface area contributed by atoms with Crippen LogP contribution in [-0.2, 0) is 16.6 Å². The first-order valence-electron chi connectivity index (χ1n) is 10.2. The van der Waals surface area contributed by atoms with Gasteiger partial charge < -0.3 is 0 Å². The van der Waals surface area contributed by atoms with E-state index < -0.39 is 10.0 Å². The molecular formula is C25H27N3O3S. The molecule has 0 aliphatic rings. The van der Waals surface area contributed by atoms with Crippen molar-refractivity contribution in [1.29, 1.82) is 0 Å². The molecule has 1 amide bonds. The molecule has 0 unspecified atom stereocenters. The number of aryl methyl sites for hydroxylation is 1. The van der Waals surface area contributed by atoms with Crippen LogP contribution in [0.4, 0.5) is 5.69 Å². The van der Waals surface area contributed by atoms with Gasteiger partial charge in [0.25, 0.3) is 5.91 Å². The van der Waals surface area contributed by atoms with E-state index in [1.807, 2.05) is 25.1 Å². The summed E-state index contributed by atoms with van der Waals surface area (Å²) in [6, 6.07) is 19.7. The van der Waals surface area contributed by atoms with Crippen LogP contribution in [0.1, 0.15) is 38.2 Å². The highest BCUT2D eigenvalue weighted by atomic mass is 32.2. The van der Waals surface area contributed by atoms with Gasteiger partial charge in [0.1, 0.15) is 0 Å². The molecule has 1 N–H and O–H groups in total. The quantitative estimate of drug-likeness (QED) is 0.430. The minimum Gasteiger partial charge on any atom is -0.267 e. The molecule has 166 valence electrons. The molecule has 0 heterocycles. The Kier molecular flexibility index (Phi) is 7.10. The lowest BCUT2D eigenvalue weighted by molar-refractivity contribution is 0.0955. The first-order chi connectivity index (χ1) is 15.2. The van der Waals surface area contributed by atoms with Gasteiger partial charge in [0, 0.05) is 5.56 Å². The average molecular weight is 450 g/mol. The second-order valence-corrected chi connectivity index (χ2v) is 9.63. The normalized spacial score (nSPS) is 11.5. The lowest BCUT2D eigenvalue weighted by atomic mass is 10.00. The van der Waals surface area contributed by atoms with Crippen LogP contribution in [0.2, 0.25) is 0 Å². The maximum Gasteiger partial charge on any atom is 0.271 e. The van der Waals surface area contributed by atoms with Crippen LogP contribution in [0, 0.1) is 20.8 Å². The molecule has 0 aliphatic carbocycles. The summed E-state index contributed by atoms with van der Waals surface area (Å²) >= 11 is 0. The first-order valence-corrected chi connectivity index (χ1v) is 12.0. The van der Waals surface area contributed by atoms with E-state index >= 15 is 0 Å². The third-order valence-electron chi connectivity index (χ3n) is 5.46. The van der Waals surface area contributed by atoms with Gasteiger partial charge in [-0.2, -0.15) is 5.10 Å². The van der Waals surface area contributed by atoms with Crippen molar-refractivity contribution in [3.8, 4) is 0 Å². The van der Waals surface area contributed by atoms with E-state index in [-0.39, 0.29) is 12.5 Å². The third-order valence-corrected chi connectivity index (χ3v) is 6.60. The Balaban J connectivity index is 1.68. The molecule has 0 fully saturated rings. The van der Waals surface area contributed by atoms with Gasteiger partial charge in [0.2, 0.25) is 10.0 Å². The largest absolute Gasteiger partial charge is 0.271 e.